The molecule has 5 rings (SSSR count). The van der Waals surface area contributed by atoms with Gasteiger partial charge in [-0.05, 0) is 56.4 Å². The van der Waals surface area contributed by atoms with Crippen molar-refractivity contribution in [2.45, 2.75) is 70.2 Å². The molecule has 3 heterocycles. The maximum atomic E-state index is 15.0. The lowest BCUT2D eigenvalue weighted by atomic mass is 9.66. The van der Waals surface area contributed by atoms with Crippen LogP contribution in [0.15, 0.2) is 73.8 Å². The first-order valence-corrected chi connectivity index (χ1v) is 16.2. The summed E-state index contributed by atoms with van der Waals surface area (Å²) in [6.07, 6.45) is 4.89. The van der Waals surface area contributed by atoms with E-state index in [1.807, 2.05) is 70.2 Å². The number of ether oxygens (including phenoxy) is 1. The summed E-state index contributed by atoms with van der Waals surface area (Å²) in [6, 6.07) is 13.0. The van der Waals surface area contributed by atoms with Crippen molar-refractivity contribution in [3.05, 3.63) is 84.4 Å². The fraction of sp³-hybridized carbons (Fsp3) is 0.472. The Morgan fingerprint density at radius 2 is 1.76 bits per heavy atom. The molecule has 2 aromatic rings. The number of para-hydroxylation sites is 2. The first-order chi connectivity index (χ1) is 21.5. The second-order valence-electron chi connectivity index (χ2n) is 12.8. The van der Waals surface area contributed by atoms with Crippen molar-refractivity contribution in [3.8, 4) is 0 Å². The Morgan fingerprint density at radius 1 is 1.09 bits per heavy atom. The van der Waals surface area contributed by atoms with Gasteiger partial charge in [-0.1, -0.05) is 74.4 Å². The summed E-state index contributed by atoms with van der Waals surface area (Å²) in [5.74, 6) is -2.83. The third kappa shape index (κ3) is 5.21. The van der Waals surface area contributed by atoms with Gasteiger partial charge >= 0.3 is 0 Å². The van der Waals surface area contributed by atoms with E-state index in [1.165, 1.54) is 0 Å². The number of fused-ring (bicyclic) bond motifs is 1. The number of aliphatic hydroxyl groups is 1. The maximum Gasteiger partial charge on any atom is 0.253 e. The lowest BCUT2D eigenvalue weighted by Gasteiger charge is -2.41. The molecular weight excluding hydrogens is 590 g/mol. The van der Waals surface area contributed by atoms with E-state index in [9.17, 15) is 14.7 Å². The van der Waals surface area contributed by atoms with E-state index < -0.39 is 35.1 Å². The number of aliphatic hydroxyl groups excluding tert-OH is 1. The minimum atomic E-state index is -1.27. The van der Waals surface area contributed by atoms with Crippen LogP contribution >= 0.6 is 11.6 Å². The minimum absolute atomic E-state index is 0.122. The Balaban J connectivity index is 1.67. The van der Waals surface area contributed by atoms with Gasteiger partial charge in [0.2, 0.25) is 11.8 Å². The molecule has 3 aliphatic rings. The molecule has 3 saturated heterocycles. The SMILES string of the molecule is C=CCN(C(=O)[C@H]1[C@H]2C(=O)N([C@@H](CO)[C@@H](C)CC)C(C(=O)N(CC=C)c3c(C)cccc3Cl)C23CC[C@]1(C)O3)c1ccccc1. The number of carbonyl (C=O) groups excluding carboxylic acids is 3. The number of hydrogen-bond donors (Lipinski definition) is 1. The van der Waals surface area contributed by atoms with Gasteiger partial charge in [0.1, 0.15) is 11.6 Å². The van der Waals surface area contributed by atoms with Gasteiger partial charge in [-0.2, -0.15) is 0 Å². The van der Waals surface area contributed by atoms with E-state index in [-0.39, 0.29) is 43.3 Å². The highest BCUT2D eigenvalue weighted by molar-refractivity contribution is 6.34. The van der Waals surface area contributed by atoms with Crippen LogP contribution in [0.25, 0.3) is 0 Å². The van der Waals surface area contributed by atoms with E-state index in [1.54, 1.807) is 32.9 Å². The fourth-order valence-corrected chi connectivity index (χ4v) is 8.28. The van der Waals surface area contributed by atoms with Gasteiger partial charge in [0.05, 0.1) is 40.8 Å². The molecule has 9 heteroatoms. The molecule has 3 amide bonds. The van der Waals surface area contributed by atoms with Crippen LogP contribution in [0.5, 0.6) is 0 Å². The number of halogens is 1. The molecule has 240 valence electrons. The van der Waals surface area contributed by atoms with Crippen LogP contribution in [-0.2, 0) is 19.1 Å². The Labute approximate surface area is 271 Å². The first kappa shape index (κ1) is 32.9. The highest BCUT2D eigenvalue weighted by Crippen LogP contribution is 2.64. The molecule has 0 aromatic heterocycles. The van der Waals surface area contributed by atoms with Crippen molar-refractivity contribution in [2.24, 2.45) is 17.8 Å². The molecule has 0 saturated carbocycles. The third-order valence-electron chi connectivity index (χ3n) is 10.2. The molecule has 7 atom stereocenters. The highest BCUT2D eigenvalue weighted by Gasteiger charge is 2.79. The van der Waals surface area contributed by atoms with Crippen LogP contribution in [0.1, 0.15) is 45.6 Å². The summed E-state index contributed by atoms with van der Waals surface area (Å²) in [6.45, 7) is 15.6. The molecule has 0 radical (unpaired) electrons. The standard InChI is InChI=1S/C36H44ClN3O5/c1-7-20-38(25-15-11-10-12-16-25)32(42)28-29-33(43)40(27(22-41)23(4)9-3)31(36(29)19-18-35(28,6)45-36)34(44)39(21-8-2)30-24(5)14-13-17-26(30)37/h7-8,10-17,23,27-29,31,41H,1-2,9,18-22H2,3-6H3/t23-,27-,28+,29-,31?,35-,36?/m0/s1. The monoisotopic (exact) mass is 633 g/mol. The number of likely N-dealkylation sites (tertiary alicyclic amines) is 1. The van der Waals surface area contributed by atoms with Crippen LogP contribution in [0.3, 0.4) is 0 Å². The van der Waals surface area contributed by atoms with Gasteiger partial charge < -0.3 is 24.5 Å². The molecule has 3 fully saturated rings. The van der Waals surface area contributed by atoms with Gasteiger partial charge in [-0.25, -0.2) is 0 Å². The van der Waals surface area contributed by atoms with Gasteiger partial charge in [-0.15, -0.1) is 13.2 Å². The number of anilines is 2. The van der Waals surface area contributed by atoms with Crippen LogP contribution in [0, 0.1) is 24.7 Å². The normalized spacial score (nSPS) is 28.0. The molecule has 2 bridgehead atoms. The Kier molecular flexibility index (Phi) is 9.32. The minimum Gasteiger partial charge on any atom is -0.394 e. The topological polar surface area (TPSA) is 90.4 Å². The first-order valence-electron chi connectivity index (χ1n) is 15.8. The van der Waals surface area contributed by atoms with Gasteiger partial charge in [-0.3, -0.25) is 14.4 Å². The van der Waals surface area contributed by atoms with E-state index in [0.717, 1.165) is 5.56 Å². The number of aryl methyl sites for hydroxylation is 1. The van der Waals surface area contributed by atoms with Crippen molar-refractivity contribution in [1.82, 2.24) is 4.90 Å². The molecule has 0 aliphatic carbocycles. The number of amides is 3. The zero-order chi connectivity index (χ0) is 32.7. The molecule has 3 aliphatic heterocycles. The average molecular weight is 634 g/mol. The van der Waals surface area contributed by atoms with Crippen molar-refractivity contribution in [2.75, 3.05) is 29.5 Å². The number of carbonyl (C=O) groups is 3. The number of rotatable bonds is 12. The average Bonchev–Trinajstić information content (AvgIpc) is 3.60. The summed E-state index contributed by atoms with van der Waals surface area (Å²) in [7, 11) is 0. The smallest absolute Gasteiger partial charge is 0.253 e. The predicted octanol–water partition coefficient (Wildman–Crippen LogP) is 5.56. The molecule has 1 N–H and O–H groups in total. The van der Waals surface area contributed by atoms with Crippen molar-refractivity contribution < 1.29 is 24.2 Å². The highest BCUT2D eigenvalue weighted by atomic mass is 35.5. The third-order valence-corrected chi connectivity index (χ3v) is 10.5. The Hall–Kier alpha value is -3.46. The molecule has 45 heavy (non-hydrogen) atoms. The second kappa shape index (κ2) is 12.7. The van der Waals surface area contributed by atoms with E-state index in [2.05, 4.69) is 13.2 Å². The Morgan fingerprint density at radius 3 is 2.36 bits per heavy atom. The molecule has 2 aromatic carbocycles. The lowest BCUT2D eigenvalue weighted by molar-refractivity contribution is -0.149. The largest absolute Gasteiger partial charge is 0.394 e. The number of nitrogens with zero attached hydrogens (tertiary/aromatic N) is 3. The van der Waals surface area contributed by atoms with E-state index >= 15 is 4.79 Å². The molecule has 2 unspecified atom stereocenters. The fourth-order valence-electron chi connectivity index (χ4n) is 7.95. The number of benzene rings is 2. The Bertz CT molecular complexity index is 1460. The van der Waals surface area contributed by atoms with Crippen molar-refractivity contribution in [3.63, 3.8) is 0 Å². The summed E-state index contributed by atoms with van der Waals surface area (Å²) in [4.78, 5) is 49.3. The maximum absolute atomic E-state index is 15.0. The summed E-state index contributed by atoms with van der Waals surface area (Å²) in [5.41, 5.74) is -0.215. The second-order valence-corrected chi connectivity index (χ2v) is 13.2. The van der Waals surface area contributed by atoms with Crippen LogP contribution in [0.2, 0.25) is 5.02 Å². The molecule has 1 spiro atoms. The van der Waals surface area contributed by atoms with Crippen molar-refractivity contribution in [1.29, 1.82) is 0 Å². The van der Waals surface area contributed by atoms with Gasteiger partial charge in [0.25, 0.3) is 5.91 Å². The zero-order valence-corrected chi connectivity index (χ0v) is 27.4. The zero-order valence-electron chi connectivity index (χ0n) is 26.6. The van der Waals surface area contributed by atoms with Gasteiger partial charge in [0.15, 0.2) is 0 Å². The van der Waals surface area contributed by atoms with Crippen LogP contribution in [0.4, 0.5) is 11.4 Å². The quantitative estimate of drug-likeness (QED) is 0.309. The molecule has 8 nitrogen and oxygen atoms in total. The number of hydrogen-bond acceptors (Lipinski definition) is 5. The summed E-state index contributed by atoms with van der Waals surface area (Å²) < 4.78 is 6.91. The van der Waals surface area contributed by atoms with Gasteiger partial charge in [0, 0.05) is 18.8 Å². The van der Waals surface area contributed by atoms with Crippen LogP contribution < -0.4 is 9.80 Å². The predicted molar refractivity (Wildman–Crippen MR) is 177 cm³/mol. The molecular formula is C36H44ClN3O5. The van der Waals surface area contributed by atoms with E-state index in [4.69, 9.17) is 16.3 Å². The summed E-state index contributed by atoms with van der Waals surface area (Å²) in [5, 5.41) is 11.1. The summed E-state index contributed by atoms with van der Waals surface area (Å²) >= 11 is 6.70. The van der Waals surface area contributed by atoms with E-state index in [0.29, 0.717) is 35.7 Å². The lowest BCUT2D eigenvalue weighted by Crippen LogP contribution is -2.60. The van der Waals surface area contributed by atoms with Crippen LogP contribution in [-0.4, -0.2) is 70.7 Å². The van der Waals surface area contributed by atoms with Crippen molar-refractivity contribution >= 4 is 40.7 Å².